The summed E-state index contributed by atoms with van der Waals surface area (Å²) in [5, 5.41) is 8.39. The number of ether oxygens (including phenoxy) is 1. The molecule has 120 valence electrons. The number of hydrogen-bond acceptors (Lipinski definition) is 5. The van der Waals surface area contributed by atoms with Crippen molar-refractivity contribution in [2.24, 2.45) is 0 Å². The minimum absolute atomic E-state index is 0.114. The summed E-state index contributed by atoms with van der Waals surface area (Å²) in [7, 11) is 0. The van der Waals surface area contributed by atoms with Crippen LogP contribution in [0.3, 0.4) is 0 Å². The average Bonchev–Trinajstić information content (AvgIpc) is 2.51. The Labute approximate surface area is 134 Å². The molecule has 1 aromatic carbocycles. The van der Waals surface area contributed by atoms with Crippen molar-refractivity contribution in [3.05, 3.63) is 42.6 Å². The number of nitrogens with one attached hydrogen (secondary N) is 3. The van der Waals surface area contributed by atoms with Crippen LogP contribution in [0.1, 0.15) is 13.8 Å². The number of hydrogen-bond donors (Lipinski definition) is 3. The first-order chi connectivity index (χ1) is 11.1. The third-order valence-electron chi connectivity index (χ3n) is 2.76. The van der Waals surface area contributed by atoms with Gasteiger partial charge in [-0.15, -0.1) is 0 Å². The maximum atomic E-state index is 11.3. The molecular weight excluding hydrogens is 296 g/mol. The Morgan fingerprint density at radius 3 is 2.22 bits per heavy atom. The number of carbonyl (C=O) groups excluding carboxylic acids is 2. The number of amides is 2. The fourth-order valence-electron chi connectivity index (χ4n) is 1.81. The lowest BCUT2D eigenvalue weighted by molar-refractivity contribution is -0.114. The second kappa shape index (κ2) is 7.79. The predicted molar refractivity (Wildman–Crippen MR) is 88.9 cm³/mol. The van der Waals surface area contributed by atoms with Gasteiger partial charge in [-0.1, -0.05) is 0 Å². The number of pyridine rings is 1. The SMILES string of the molecule is CCOC(=O)Nc1ccc(Nc2ccc(NC(C)=O)cc2)nc1. The Kier molecular flexibility index (Phi) is 5.51. The zero-order valence-electron chi connectivity index (χ0n) is 12.9. The summed E-state index contributed by atoms with van der Waals surface area (Å²) in [6.07, 6.45) is 1.02. The van der Waals surface area contributed by atoms with Gasteiger partial charge in [-0.25, -0.2) is 9.78 Å². The van der Waals surface area contributed by atoms with Crippen molar-refractivity contribution < 1.29 is 14.3 Å². The van der Waals surface area contributed by atoms with Crippen LogP contribution < -0.4 is 16.0 Å². The fourth-order valence-corrected chi connectivity index (χ4v) is 1.81. The highest BCUT2D eigenvalue weighted by Gasteiger charge is 2.03. The van der Waals surface area contributed by atoms with E-state index in [-0.39, 0.29) is 5.91 Å². The molecule has 2 amide bonds. The van der Waals surface area contributed by atoms with E-state index in [1.165, 1.54) is 13.1 Å². The van der Waals surface area contributed by atoms with Gasteiger partial charge in [-0.2, -0.15) is 0 Å². The van der Waals surface area contributed by atoms with Crippen molar-refractivity contribution in [2.75, 3.05) is 22.6 Å². The van der Waals surface area contributed by atoms with Gasteiger partial charge in [0.2, 0.25) is 5.91 Å². The Bertz CT molecular complexity index is 669. The van der Waals surface area contributed by atoms with Gasteiger partial charge in [-0.3, -0.25) is 10.1 Å². The molecule has 0 atom stereocenters. The van der Waals surface area contributed by atoms with Crippen LogP contribution in [0.5, 0.6) is 0 Å². The molecule has 7 heteroatoms. The summed E-state index contributed by atoms with van der Waals surface area (Å²) in [4.78, 5) is 26.5. The minimum atomic E-state index is -0.511. The normalized spacial score (nSPS) is 9.83. The first-order valence-electron chi connectivity index (χ1n) is 7.11. The van der Waals surface area contributed by atoms with Gasteiger partial charge in [0, 0.05) is 18.3 Å². The summed E-state index contributed by atoms with van der Waals surface area (Å²) in [6.45, 7) is 3.51. The van der Waals surface area contributed by atoms with Gasteiger partial charge in [-0.05, 0) is 43.3 Å². The molecule has 0 unspecified atom stereocenters. The lowest BCUT2D eigenvalue weighted by atomic mass is 10.2. The smallest absolute Gasteiger partial charge is 0.411 e. The number of aromatic nitrogens is 1. The second-order valence-corrected chi connectivity index (χ2v) is 4.66. The lowest BCUT2D eigenvalue weighted by Crippen LogP contribution is -2.13. The molecule has 0 aliphatic rings. The van der Waals surface area contributed by atoms with Crippen LogP contribution in [-0.2, 0) is 9.53 Å². The molecule has 23 heavy (non-hydrogen) atoms. The fraction of sp³-hybridized carbons (Fsp3) is 0.188. The number of rotatable bonds is 5. The van der Waals surface area contributed by atoms with E-state index in [4.69, 9.17) is 4.74 Å². The molecule has 0 radical (unpaired) electrons. The molecule has 0 bridgehead atoms. The van der Waals surface area contributed by atoms with Gasteiger partial charge in [0.25, 0.3) is 0 Å². The summed E-state index contributed by atoms with van der Waals surface area (Å²) in [5.74, 6) is 0.517. The molecule has 0 aliphatic carbocycles. The zero-order valence-corrected chi connectivity index (χ0v) is 12.9. The molecule has 1 aromatic heterocycles. The molecule has 3 N–H and O–H groups in total. The Balaban J connectivity index is 1.95. The minimum Gasteiger partial charge on any atom is -0.450 e. The van der Waals surface area contributed by atoms with Gasteiger partial charge in [0.05, 0.1) is 18.5 Å². The highest BCUT2D eigenvalue weighted by atomic mass is 16.5. The predicted octanol–water partition coefficient (Wildman–Crippen LogP) is 3.35. The first-order valence-corrected chi connectivity index (χ1v) is 7.11. The van der Waals surface area contributed by atoms with Crippen LogP contribution >= 0.6 is 0 Å². The second-order valence-electron chi connectivity index (χ2n) is 4.66. The Morgan fingerprint density at radius 2 is 1.65 bits per heavy atom. The summed E-state index contributed by atoms with van der Waals surface area (Å²) >= 11 is 0. The van der Waals surface area contributed by atoms with Crippen molar-refractivity contribution in [3.8, 4) is 0 Å². The molecule has 0 fully saturated rings. The van der Waals surface area contributed by atoms with Gasteiger partial charge in [0.1, 0.15) is 5.82 Å². The van der Waals surface area contributed by atoms with Gasteiger partial charge < -0.3 is 15.4 Å². The standard InChI is InChI=1S/C16H18N4O3/c1-3-23-16(22)20-14-8-9-15(17-10-14)19-13-6-4-12(5-7-13)18-11(2)21/h4-10H,3H2,1-2H3,(H,17,19)(H,18,21)(H,20,22). The van der Waals surface area contributed by atoms with Gasteiger partial charge >= 0.3 is 6.09 Å². The number of carbonyl (C=O) groups is 2. The summed E-state index contributed by atoms with van der Waals surface area (Å²) < 4.78 is 4.79. The van der Waals surface area contributed by atoms with Crippen LogP contribution in [0.25, 0.3) is 0 Å². The number of nitrogens with zero attached hydrogens (tertiary/aromatic N) is 1. The van der Waals surface area contributed by atoms with Crippen molar-refractivity contribution >= 4 is 34.9 Å². The topological polar surface area (TPSA) is 92.4 Å². The van der Waals surface area contributed by atoms with Crippen molar-refractivity contribution in [2.45, 2.75) is 13.8 Å². The van der Waals surface area contributed by atoms with E-state index in [9.17, 15) is 9.59 Å². The van der Waals surface area contributed by atoms with Crippen molar-refractivity contribution in [1.82, 2.24) is 4.98 Å². The largest absolute Gasteiger partial charge is 0.450 e. The van der Waals surface area contributed by atoms with Crippen LogP contribution in [0.4, 0.5) is 27.7 Å². The zero-order chi connectivity index (χ0) is 16.7. The van der Waals surface area contributed by atoms with Crippen LogP contribution in [-0.4, -0.2) is 23.6 Å². The van der Waals surface area contributed by atoms with Crippen molar-refractivity contribution in [1.29, 1.82) is 0 Å². The highest BCUT2D eigenvalue weighted by Crippen LogP contribution is 2.18. The summed E-state index contributed by atoms with van der Waals surface area (Å²) in [5.41, 5.74) is 2.11. The molecular formula is C16H18N4O3. The number of benzene rings is 1. The lowest BCUT2D eigenvalue weighted by Gasteiger charge is -2.08. The molecule has 2 aromatic rings. The molecule has 0 saturated carbocycles. The van der Waals surface area contributed by atoms with E-state index in [0.717, 1.165) is 11.4 Å². The van der Waals surface area contributed by atoms with Crippen LogP contribution in [0.15, 0.2) is 42.6 Å². The van der Waals surface area contributed by atoms with Crippen LogP contribution in [0, 0.1) is 0 Å². The molecule has 0 aliphatic heterocycles. The average molecular weight is 314 g/mol. The first kappa shape index (κ1) is 16.3. The highest BCUT2D eigenvalue weighted by molar-refractivity contribution is 5.89. The van der Waals surface area contributed by atoms with E-state index in [1.807, 2.05) is 12.1 Å². The molecule has 0 spiro atoms. The van der Waals surface area contributed by atoms with E-state index in [2.05, 4.69) is 20.9 Å². The third-order valence-corrected chi connectivity index (χ3v) is 2.76. The molecule has 1 heterocycles. The van der Waals surface area contributed by atoms with E-state index in [0.29, 0.717) is 18.1 Å². The van der Waals surface area contributed by atoms with Gasteiger partial charge in [0.15, 0.2) is 0 Å². The quantitative estimate of drug-likeness (QED) is 0.787. The van der Waals surface area contributed by atoms with E-state index in [1.54, 1.807) is 31.2 Å². The maximum Gasteiger partial charge on any atom is 0.411 e. The van der Waals surface area contributed by atoms with Crippen LogP contribution in [0.2, 0.25) is 0 Å². The maximum absolute atomic E-state index is 11.3. The summed E-state index contributed by atoms with van der Waals surface area (Å²) in [6, 6.07) is 10.7. The van der Waals surface area contributed by atoms with E-state index >= 15 is 0 Å². The Morgan fingerprint density at radius 1 is 1.00 bits per heavy atom. The number of anilines is 4. The molecule has 7 nitrogen and oxygen atoms in total. The van der Waals surface area contributed by atoms with Crippen molar-refractivity contribution in [3.63, 3.8) is 0 Å². The van der Waals surface area contributed by atoms with E-state index < -0.39 is 6.09 Å². The molecule has 0 saturated heterocycles. The Hall–Kier alpha value is -3.09. The monoisotopic (exact) mass is 314 g/mol. The third kappa shape index (κ3) is 5.31. The molecule has 2 rings (SSSR count).